The van der Waals surface area contributed by atoms with E-state index in [1.54, 1.807) is 15.9 Å². The van der Waals surface area contributed by atoms with Gasteiger partial charge in [-0.2, -0.15) is 0 Å². The fraction of sp³-hybridized carbons (Fsp3) is 0.550. The molecule has 1 heterocycles. The summed E-state index contributed by atoms with van der Waals surface area (Å²) in [4.78, 5) is 40.0. The number of benzene rings is 1. The Labute approximate surface area is 171 Å². The van der Waals surface area contributed by atoms with Crippen molar-refractivity contribution in [3.8, 4) is 0 Å². The molecule has 1 aliphatic heterocycles. The van der Waals surface area contributed by atoms with E-state index in [-0.39, 0.29) is 17.9 Å². The second-order valence-corrected chi connectivity index (χ2v) is 8.25. The molecule has 1 N–H and O–H groups in total. The minimum Gasteiger partial charge on any atom is -0.444 e. The first-order valence-corrected chi connectivity index (χ1v) is 9.72. The third-order valence-corrected chi connectivity index (χ3v) is 4.67. The van der Waals surface area contributed by atoms with Crippen molar-refractivity contribution in [2.45, 2.75) is 45.8 Å². The van der Waals surface area contributed by atoms with Gasteiger partial charge in [0.2, 0.25) is 11.8 Å². The Morgan fingerprint density at radius 2 is 1.68 bits per heavy atom. The number of ether oxygens (including phenoxy) is 1. The zero-order valence-corrected chi connectivity index (χ0v) is 17.6. The molecule has 0 saturated carbocycles. The molecule has 0 radical (unpaired) electrons. The fourth-order valence-corrected chi connectivity index (χ4v) is 3.20. The molecule has 8 heteroatoms. The van der Waals surface area contributed by atoms with Crippen LogP contribution < -0.4 is 5.32 Å². The van der Waals surface area contributed by atoms with Crippen LogP contribution in [0.2, 0.25) is 5.02 Å². The van der Waals surface area contributed by atoms with Crippen molar-refractivity contribution in [1.82, 2.24) is 15.1 Å². The maximum absolute atomic E-state index is 13.0. The highest BCUT2D eigenvalue weighted by Crippen LogP contribution is 2.18. The topological polar surface area (TPSA) is 79.0 Å². The summed E-state index contributed by atoms with van der Waals surface area (Å²) in [6.07, 6.45) is -0.0706. The second kappa shape index (κ2) is 9.28. The van der Waals surface area contributed by atoms with Crippen LogP contribution in [0, 0.1) is 0 Å². The fourth-order valence-electron chi connectivity index (χ4n) is 2.99. The van der Waals surface area contributed by atoms with Crippen molar-refractivity contribution in [2.24, 2.45) is 0 Å². The van der Waals surface area contributed by atoms with Gasteiger partial charge in [-0.15, -0.1) is 0 Å². The van der Waals surface area contributed by atoms with Crippen LogP contribution in [0.4, 0.5) is 4.79 Å². The molecule has 2 rings (SSSR count). The minimum atomic E-state index is -0.703. The molecular weight excluding hydrogens is 382 g/mol. The predicted molar refractivity (Wildman–Crippen MR) is 107 cm³/mol. The molecule has 7 nitrogen and oxygen atoms in total. The first kappa shape index (κ1) is 22.0. The van der Waals surface area contributed by atoms with E-state index in [4.69, 9.17) is 16.3 Å². The van der Waals surface area contributed by atoms with E-state index in [1.807, 2.05) is 39.0 Å². The molecule has 1 aromatic carbocycles. The molecule has 1 saturated heterocycles. The van der Waals surface area contributed by atoms with Gasteiger partial charge in [0, 0.05) is 44.5 Å². The number of amides is 3. The van der Waals surface area contributed by atoms with Gasteiger partial charge in [0.15, 0.2) is 0 Å². The van der Waals surface area contributed by atoms with Crippen molar-refractivity contribution < 1.29 is 19.1 Å². The van der Waals surface area contributed by atoms with Gasteiger partial charge in [-0.05, 0) is 32.4 Å². The third-order valence-electron chi connectivity index (χ3n) is 4.30. The number of halogens is 1. The molecule has 1 aromatic rings. The molecule has 3 amide bonds. The summed E-state index contributed by atoms with van der Waals surface area (Å²) in [6, 6.07) is 6.55. The predicted octanol–water partition coefficient (Wildman–Crippen LogP) is 2.47. The van der Waals surface area contributed by atoms with Gasteiger partial charge in [-0.1, -0.05) is 29.8 Å². The molecular formula is C20H28ClN3O4. The zero-order chi connectivity index (χ0) is 20.9. The Morgan fingerprint density at radius 1 is 1.11 bits per heavy atom. The van der Waals surface area contributed by atoms with Crippen LogP contribution in [0.3, 0.4) is 0 Å². The van der Waals surface area contributed by atoms with Crippen molar-refractivity contribution in [3.05, 3.63) is 34.9 Å². The summed E-state index contributed by atoms with van der Waals surface area (Å²) in [5, 5.41) is 3.28. The van der Waals surface area contributed by atoms with Crippen molar-refractivity contribution in [1.29, 1.82) is 0 Å². The molecule has 0 bridgehead atoms. The first-order chi connectivity index (χ1) is 13.1. The summed E-state index contributed by atoms with van der Waals surface area (Å²) in [5.74, 6) is -0.461. The molecule has 1 unspecified atom stereocenters. The van der Waals surface area contributed by atoms with Crippen LogP contribution in [-0.2, 0) is 20.7 Å². The maximum atomic E-state index is 13.0. The normalized spacial score (nSPS) is 15.8. The van der Waals surface area contributed by atoms with Crippen molar-refractivity contribution in [3.63, 3.8) is 0 Å². The van der Waals surface area contributed by atoms with Gasteiger partial charge in [0.1, 0.15) is 11.6 Å². The highest BCUT2D eigenvalue weighted by atomic mass is 35.5. The molecule has 0 aromatic heterocycles. The third kappa shape index (κ3) is 6.41. The van der Waals surface area contributed by atoms with Gasteiger partial charge in [-0.3, -0.25) is 9.59 Å². The average molecular weight is 410 g/mol. The number of hydrogen-bond acceptors (Lipinski definition) is 4. The van der Waals surface area contributed by atoms with Crippen molar-refractivity contribution >= 4 is 29.5 Å². The van der Waals surface area contributed by atoms with E-state index in [0.29, 0.717) is 37.6 Å². The standard InChI is InChI=1S/C20H28ClN3O4/c1-14(25)22-17(13-15-7-5-6-8-16(15)21)18(26)23-9-11-24(12-10-23)19(27)28-20(2,3)4/h5-8,17H,9-13H2,1-4H3,(H,22,25). The van der Waals surface area contributed by atoms with E-state index in [0.717, 1.165) is 5.56 Å². The lowest BCUT2D eigenvalue weighted by molar-refractivity contribution is -0.137. The molecule has 154 valence electrons. The Balaban J connectivity index is 2.00. The number of carbonyl (C=O) groups is 3. The Hall–Kier alpha value is -2.28. The summed E-state index contributed by atoms with van der Waals surface area (Å²) >= 11 is 6.21. The van der Waals surface area contributed by atoms with E-state index < -0.39 is 11.6 Å². The van der Waals surface area contributed by atoms with Crippen LogP contribution in [0.5, 0.6) is 0 Å². The Kier molecular flexibility index (Phi) is 7.29. The smallest absolute Gasteiger partial charge is 0.410 e. The van der Waals surface area contributed by atoms with Crippen LogP contribution in [0.15, 0.2) is 24.3 Å². The lowest BCUT2D eigenvalue weighted by atomic mass is 10.0. The van der Waals surface area contributed by atoms with Crippen molar-refractivity contribution in [2.75, 3.05) is 26.2 Å². The monoisotopic (exact) mass is 409 g/mol. The number of hydrogen-bond donors (Lipinski definition) is 1. The van der Waals surface area contributed by atoms with E-state index >= 15 is 0 Å². The van der Waals surface area contributed by atoms with E-state index in [1.165, 1.54) is 6.92 Å². The molecule has 1 fully saturated rings. The lowest BCUT2D eigenvalue weighted by Crippen LogP contribution is -2.56. The Morgan fingerprint density at radius 3 is 2.21 bits per heavy atom. The summed E-state index contributed by atoms with van der Waals surface area (Å²) in [5.41, 5.74) is 0.235. The van der Waals surface area contributed by atoms with Gasteiger partial charge in [0.25, 0.3) is 0 Å². The summed E-state index contributed by atoms with van der Waals surface area (Å²) in [6.45, 7) is 8.38. The van der Waals surface area contributed by atoms with E-state index in [2.05, 4.69) is 5.32 Å². The SMILES string of the molecule is CC(=O)NC(Cc1ccccc1Cl)C(=O)N1CCN(C(=O)OC(C)(C)C)CC1. The Bertz CT molecular complexity index is 724. The summed E-state index contributed by atoms with van der Waals surface area (Å²) in [7, 11) is 0. The quantitative estimate of drug-likeness (QED) is 0.828. The minimum absolute atomic E-state index is 0.182. The second-order valence-electron chi connectivity index (χ2n) is 7.84. The molecule has 0 spiro atoms. The summed E-state index contributed by atoms with van der Waals surface area (Å²) < 4.78 is 5.38. The van der Waals surface area contributed by atoms with Crippen LogP contribution in [-0.4, -0.2) is 65.5 Å². The van der Waals surface area contributed by atoms with Gasteiger partial charge < -0.3 is 19.9 Å². The number of carbonyl (C=O) groups excluding carboxylic acids is 3. The van der Waals surface area contributed by atoms with Gasteiger partial charge in [-0.25, -0.2) is 4.79 Å². The lowest BCUT2D eigenvalue weighted by Gasteiger charge is -2.37. The molecule has 28 heavy (non-hydrogen) atoms. The van der Waals surface area contributed by atoms with Crippen LogP contribution >= 0.6 is 11.6 Å². The molecule has 1 atom stereocenters. The molecule has 1 aliphatic rings. The van der Waals surface area contributed by atoms with Gasteiger partial charge >= 0.3 is 6.09 Å². The van der Waals surface area contributed by atoms with Crippen LogP contribution in [0.25, 0.3) is 0 Å². The van der Waals surface area contributed by atoms with Gasteiger partial charge in [0.05, 0.1) is 0 Å². The van der Waals surface area contributed by atoms with Crippen LogP contribution in [0.1, 0.15) is 33.3 Å². The van der Waals surface area contributed by atoms with E-state index in [9.17, 15) is 14.4 Å². The molecule has 0 aliphatic carbocycles. The number of nitrogens with zero attached hydrogens (tertiary/aromatic N) is 2. The average Bonchev–Trinajstić information content (AvgIpc) is 2.60. The highest BCUT2D eigenvalue weighted by molar-refractivity contribution is 6.31. The maximum Gasteiger partial charge on any atom is 0.410 e. The number of piperazine rings is 1. The number of nitrogens with one attached hydrogen (secondary N) is 1. The number of rotatable bonds is 4. The largest absolute Gasteiger partial charge is 0.444 e. The first-order valence-electron chi connectivity index (χ1n) is 9.34. The zero-order valence-electron chi connectivity index (χ0n) is 16.8. The highest BCUT2D eigenvalue weighted by Gasteiger charge is 2.31.